The molecule has 0 saturated carbocycles. The number of ether oxygens (including phenoxy) is 2. The van der Waals surface area contributed by atoms with E-state index in [0.717, 1.165) is 51.4 Å². The summed E-state index contributed by atoms with van der Waals surface area (Å²) in [5.74, 6) is -0.837. The molecule has 0 aromatic rings. The third-order valence-electron chi connectivity index (χ3n) is 8.81. The van der Waals surface area contributed by atoms with Crippen LogP contribution in [-0.2, 0) is 32.7 Å². The van der Waals surface area contributed by atoms with E-state index in [-0.39, 0.29) is 38.6 Å². The number of phosphoric acid groups is 1. The van der Waals surface area contributed by atoms with Crippen LogP contribution >= 0.6 is 7.82 Å². The lowest BCUT2D eigenvalue weighted by molar-refractivity contribution is -0.161. The Morgan fingerprint density at radius 2 is 0.980 bits per heavy atom. The second kappa shape index (κ2) is 38.2. The number of carbonyl (C=O) groups is 2. The van der Waals surface area contributed by atoms with Gasteiger partial charge in [-0.05, 0) is 57.8 Å². The van der Waals surface area contributed by atoms with Gasteiger partial charge in [0.2, 0.25) is 0 Å². The van der Waals surface area contributed by atoms with Crippen LogP contribution in [0, 0.1) is 0 Å². The molecule has 0 aromatic heterocycles. The first-order valence-corrected chi connectivity index (χ1v) is 22.3. The number of hydrogen-bond donors (Lipinski definition) is 2. The summed E-state index contributed by atoms with van der Waals surface area (Å²) in [6.45, 7) is 3.69. The lowest BCUT2D eigenvalue weighted by Crippen LogP contribution is -2.29. The van der Waals surface area contributed by atoms with E-state index in [1.54, 1.807) is 0 Å². The standard InChI is InChI=1S/C41H78NO8P/c1-3-5-7-9-11-13-15-17-19-21-23-25-27-29-31-33-40(43)47-37-39(38-49-51(45,46)48-36-35-42)50-41(44)34-32-30-28-26-24-22-20-18-16-14-12-10-8-6-4-2/h9,11,18,20,39H,3-8,10,12-17,19,21-38,42H2,1-2H3,(H,45,46)/b11-9+,20-18+/t39-/m1/s1. The zero-order valence-electron chi connectivity index (χ0n) is 32.8. The second-order valence-electron chi connectivity index (χ2n) is 13.8. The summed E-state index contributed by atoms with van der Waals surface area (Å²) in [5.41, 5.74) is 5.34. The minimum atomic E-state index is -4.37. The smallest absolute Gasteiger partial charge is 0.462 e. The maximum Gasteiger partial charge on any atom is 0.472 e. The molecule has 0 fully saturated rings. The van der Waals surface area contributed by atoms with Gasteiger partial charge in [0.25, 0.3) is 0 Å². The SMILES string of the molecule is CCCC/C=C/CCCCCCCCCCCC(=O)OC[C@H](COP(=O)(O)OCCN)OC(=O)CCCCCCC/C=C/CCCCCCCC. The van der Waals surface area contributed by atoms with Crippen LogP contribution in [0.3, 0.4) is 0 Å². The van der Waals surface area contributed by atoms with Gasteiger partial charge in [-0.3, -0.25) is 18.6 Å². The highest BCUT2D eigenvalue weighted by atomic mass is 31.2. The normalized spacial score (nSPS) is 13.6. The Morgan fingerprint density at radius 3 is 1.45 bits per heavy atom. The van der Waals surface area contributed by atoms with Crippen molar-refractivity contribution in [2.75, 3.05) is 26.4 Å². The van der Waals surface area contributed by atoms with E-state index >= 15 is 0 Å². The van der Waals surface area contributed by atoms with Crippen LogP contribution in [0.15, 0.2) is 24.3 Å². The van der Waals surface area contributed by atoms with Gasteiger partial charge in [-0.2, -0.15) is 0 Å². The molecule has 3 N–H and O–H groups in total. The van der Waals surface area contributed by atoms with Crippen molar-refractivity contribution in [2.45, 2.75) is 200 Å². The first-order chi connectivity index (χ1) is 24.8. The molecule has 0 bridgehead atoms. The summed E-state index contributed by atoms with van der Waals surface area (Å²) >= 11 is 0. The van der Waals surface area contributed by atoms with E-state index in [1.807, 2.05) is 0 Å². The monoisotopic (exact) mass is 744 g/mol. The molecule has 0 rings (SSSR count). The lowest BCUT2D eigenvalue weighted by Gasteiger charge is -2.19. The van der Waals surface area contributed by atoms with E-state index in [2.05, 4.69) is 38.2 Å². The highest BCUT2D eigenvalue weighted by Crippen LogP contribution is 2.43. The number of unbranched alkanes of at least 4 members (excludes halogenated alkanes) is 22. The molecule has 0 spiro atoms. The molecule has 9 nitrogen and oxygen atoms in total. The van der Waals surface area contributed by atoms with Gasteiger partial charge in [0.05, 0.1) is 13.2 Å². The number of esters is 2. The summed E-state index contributed by atoms with van der Waals surface area (Å²) in [6.07, 6.45) is 39.1. The fraction of sp³-hybridized carbons (Fsp3) is 0.854. The minimum absolute atomic E-state index is 0.0528. The maximum absolute atomic E-state index is 12.5. The molecule has 0 saturated heterocycles. The van der Waals surface area contributed by atoms with Gasteiger partial charge in [0.15, 0.2) is 6.10 Å². The minimum Gasteiger partial charge on any atom is -0.462 e. The molecule has 51 heavy (non-hydrogen) atoms. The van der Waals surface area contributed by atoms with Crippen molar-refractivity contribution in [3.05, 3.63) is 24.3 Å². The maximum atomic E-state index is 12.5. The van der Waals surface area contributed by atoms with E-state index in [0.29, 0.717) is 6.42 Å². The molecule has 0 aliphatic heterocycles. The molecule has 0 heterocycles. The van der Waals surface area contributed by atoms with Gasteiger partial charge < -0.3 is 20.1 Å². The van der Waals surface area contributed by atoms with Crippen molar-refractivity contribution < 1.29 is 37.6 Å². The number of phosphoric ester groups is 1. The average molecular weight is 744 g/mol. The van der Waals surface area contributed by atoms with Crippen LogP contribution < -0.4 is 5.73 Å². The number of rotatable bonds is 39. The highest BCUT2D eigenvalue weighted by molar-refractivity contribution is 7.47. The fourth-order valence-corrected chi connectivity index (χ4v) is 6.43. The highest BCUT2D eigenvalue weighted by Gasteiger charge is 2.26. The van der Waals surface area contributed by atoms with Gasteiger partial charge in [0, 0.05) is 19.4 Å². The molecule has 0 radical (unpaired) electrons. The van der Waals surface area contributed by atoms with E-state index < -0.39 is 26.5 Å². The van der Waals surface area contributed by atoms with Crippen molar-refractivity contribution in [2.24, 2.45) is 5.73 Å². The quantitative estimate of drug-likeness (QED) is 0.0273. The molecule has 0 amide bonds. The Morgan fingerprint density at radius 1 is 0.569 bits per heavy atom. The van der Waals surface area contributed by atoms with Gasteiger partial charge in [-0.15, -0.1) is 0 Å². The number of nitrogens with two attached hydrogens (primary N) is 1. The second-order valence-corrected chi connectivity index (χ2v) is 15.3. The van der Waals surface area contributed by atoms with Crippen LogP contribution in [0.4, 0.5) is 0 Å². The van der Waals surface area contributed by atoms with E-state index in [9.17, 15) is 19.0 Å². The first kappa shape index (κ1) is 49.5. The summed E-state index contributed by atoms with van der Waals surface area (Å²) < 4.78 is 32.7. The Hall–Kier alpha value is -1.51. The molecule has 1 unspecified atom stereocenters. The molecular formula is C41H78NO8P. The van der Waals surface area contributed by atoms with E-state index in [4.69, 9.17) is 24.3 Å². The zero-order valence-corrected chi connectivity index (χ0v) is 33.7. The van der Waals surface area contributed by atoms with Gasteiger partial charge in [0.1, 0.15) is 6.61 Å². The molecule has 0 aliphatic rings. The fourth-order valence-electron chi connectivity index (χ4n) is 5.67. The van der Waals surface area contributed by atoms with Crippen molar-refractivity contribution in [3.8, 4) is 0 Å². The Bertz CT molecular complexity index is 897. The number of carbonyl (C=O) groups excluding carboxylic acids is 2. The topological polar surface area (TPSA) is 134 Å². The third-order valence-corrected chi connectivity index (χ3v) is 9.79. The lowest BCUT2D eigenvalue weighted by atomic mass is 10.1. The Kier molecular flexibility index (Phi) is 37.1. The Labute approximate surface area is 312 Å². The Balaban J connectivity index is 4.18. The van der Waals surface area contributed by atoms with Gasteiger partial charge >= 0.3 is 19.8 Å². The zero-order chi connectivity index (χ0) is 37.5. The summed E-state index contributed by atoms with van der Waals surface area (Å²) in [6, 6.07) is 0. The van der Waals surface area contributed by atoms with Crippen molar-refractivity contribution >= 4 is 19.8 Å². The number of allylic oxidation sites excluding steroid dienone is 4. The molecule has 2 atom stereocenters. The van der Waals surface area contributed by atoms with Crippen LogP contribution in [-0.4, -0.2) is 49.3 Å². The molecule has 10 heteroatoms. The predicted octanol–water partition coefficient (Wildman–Crippen LogP) is 11.6. The van der Waals surface area contributed by atoms with Gasteiger partial charge in [-0.25, -0.2) is 4.57 Å². The molecular weight excluding hydrogens is 665 g/mol. The summed E-state index contributed by atoms with van der Waals surface area (Å²) in [5, 5.41) is 0. The molecule has 0 aromatic carbocycles. The van der Waals surface area contributed by atoms with Crippen LogP contribution in [0.5, 0.6) is 0 Å². The third kappa shape index (κ3) is 38.0. The van der Waals surface area contributed by atoms with Crippen molar-refractivity contribution in [1.82, 2.24) is 0 Å². The summed E-state index contributed by atoms with van der Waals surface area (Å²) in [4.78, 5) is 34.8. The number of hydrogen-bond acceptors (Lipinski definition) is 8. The van der Waals surface area contributed by atoms with Crippen molar-refractivity contribution in [1.29, 1.82) is 0 Å². The average Bonchev–Trinajstić information content (AvgIpc) is 3.11. The van der Waals surface area contributed by atoms with E-state index in [1.165, 1.54) is 109 Å². The van der Waals surface area contributed by atoms with Crippen molar-refractivity contribution in [3.63, 3.8) is 0 Å². The van der Waals surface area contributed by atoms with Crippen LogP contribution in [0.1, 0.15) is 194 Å². The van der Waals surface area contributed by atoms with Gasteiger partial charge in [-0.1, -0.05) is 147 Å². The van der Waals surface area contributed by atoms with Crippen LogP contribution in [0.25, 0.3) is 0 Å². The molecule has 0 aliphatic carbocycles. The predicted molar refractivity (Wildman–Crippen MR) is 211 cm³/mol. The van der Waals surface area contributed by atoms with Crippen LogP contribution in [0.2, 0.25) is 0 Å². The first-order valence-electron chi connectivity index (χ1n) is 20.8. The molecule has 300 valence electrons. The summed E-state index contributed by atoms with van der Waals surface area (Å²) in [7, 11) is -4.37. The largest absolute Gasteiger partial charge is 0.472 e.